The van der Waals surface area contributed by atoms with Crippen LogP contribution in [0.5, 0.6) is 0 Å². The first-order chi connectivity index (χ1) is 11.2. The SMILES string of the molecule is N#Cc1ccc(Cl)cc1NCc1nc(-c2cccc(Cl)c2)no1. The van der Waals surface area contributed by atoms with Gasteiger partial charge in [-0.1, -0.05) is 40.5 Å². The Kier molecular flexibility index (Phi) is 4.47. The van der Waals surface area contributed by atoms with Gasteiger partial charge in [0.2, 0.25) is 11.7 Å². The van der Waals surface area contributed by atoms with Crippen molar-refractivity contribution in [3.8, 4) is 17.5 Å². The zero-order valence-electron chi connectivity index (χ0n) is 11.8. The molecule has 0 spiro atoms. The van der Waals surface area contributed by atoms with Crippen LogP contribution in [0.4, 0.5) is 5.69 Å². The quantitative estimate of drug-likeness (QED) is 0.752. The highest BCUT2D eigenvalue weighted by Gasteiger charge is 2.10. The van der Waals surface area contributed by atoms with Crippen molar-refractivity contribution in [1.82, 2.24) is 10.1 Å². The van der Waals surface area contributed by atoms with Crippen LogP contribution in [0.1, 0.15) is 11.5 Å². The number of hydrogen-bond donors (Lipinski definition) is 1. The molecule has 1 aromatic heterocycles. The van der Waals surface area contributed by atoms with Crippen LogP contribution in [-0.4, -0.2) is 10.1 Å². The number of nitriles is 1. The predicted octanol–water partition coefficient (Wildman–Crippen LogP) is 4.53. The fourth-order valence-corrected chi connectivity index (χ4v) is 2.36. The van der Waals surface area contributed by atoms with Gasteiger partial charge in [0.15, 0.2) is 0 Å². The van der Waals surface area contributed by atoms with Crippen molar-refractivity contribution in [2.75, 3.05) is 5.32 Å². The third-order valence-corrected chi connectivity index (χ3v) is 3.55. The summed E-state index contributed by atoms with van der Waals surface area (Å²) in [5, 5.41) is 17.2. The fraction of sp³-hybridized carbons (Fsp3) is 0.0625. The minimum Gasteiger partial charge on any atom is -0.375 e. The van der Waals surface area contributed by atoms with Gasteiger partial charge >= 0.3 is 0 Å². The van der Waals surface area contributed by atoms with Gasteiger partial charge in [-0.3, -0.25) is 0 Å². The van der Waals surface area contributed by atoms with E-state index in [0.717, 1.165) is 5.56 Å². The Bertz CT molecular complexity index is 886. The van der Waals surface area contributed by atoms with Crippen LogP contribution < -0.4 is 5.32 Å². The van der Waals surface area contributed by atoms with E-state index in [1.165, 1.54) is 0 Å². The third-order valence-electron chi connectivity index (χ3n) is 3.08. The number of nitrogens with zero attached hydrogens (tertiary/aromatic N) is 3. The highest BCUT2D eigenvalue weighted by atomic mass is 35.5. The summed E-state index contributed by atoms with van der Waals surface area (Å²) >= 11 is 11.9. The van der Waals surface area contributed by atoms with E-state index in [1.807, 2.05) is 12.1 Å². The molecule has 23 heavy (non-hydrogen) atoms. The fourth-order valence-electron chi connectivity index (χ4n) is 2.00. The van der Waals surface area contributed by atoms with Crippen molar-refractivity contribution in [3.63, 3.8) is 0 Å². The van der Waals surface area contributed by atoms with E-state index >= 15 is 0 Å². The van der Waals surface area contributed by atoms with Crippen LogP contribution >= 0.6 is 23.2 Å². The molecule has 0 amide bonds. The molecular weight excluding hydrogens is 335 g/mol. The molecule has 2 aromatic carbocycles. The van der Waals surface area contributed by atoms with Gasteiger partial charge in [0.25, 0.3) is 0 Å². The second-order valence-electron chi connectivity index (χ2n) is 4.68. The van der Waals surface area contributed by atoms with E-state index in [9.17, 15) is 0 Å². The van der Waals surface area contributed by atoms with Crippen LogP contribution in [0.3, 0.4) is 0 Å². The number of nitrogens with one attached hydrogen (secondary N) is 1. The first-order valence-corrected chi connectivity index (χ1v) is 7.43. The molecule has 3 rings (SSSR count). The molecule has 1 N–H and O–H groups in total. The summed E-state index contributed by atoms with van der Waals surface area (Å²) in [7, 11) is 0. The third kappa shape index (κ3) is 3.62. The molecule has 0 fully saturated rings. The molecule has 0 unspecified atom stereocenters. The summed E-state index contributed by atoms with van der Waals surface area (Å²) in [5.41, 5.74) is 1.87. The van der Waals surface area contributed by atoms with Crippen molar-refractivity contribution in [2.24, 2.45) is 0 Å². The Labute approximate surface area is 142 Å². The number of rotatable bonds is 4. The number of halogens is 2. The van der Waals surface area contributed by atoms with Crippen molar-refractivity contribution in [1.29, 1.82) is 5.26 Å². The van der Waals surface area contributed by atoms with Crippen LogP contribution in [-0.2, 0) is 6.54 Å². The molecule has 5 nitrogen and oxygen atoms in total. The predicted molar refractivity (Wildman–Crippen MR) is 88.2 cm³/mol. The molecule has 0 bridgehead atoms. The molecular formula is C16H10Cl2N4O. The van der Waals surface area contributed by atoms with Crippen molar-refractivity contribution in [3.05, 3.63) is 64.0 Å². The van der Waals surface area contributed by atoms with Crippen molar-refractivity contribution < 1.29 is 4.52 Å². The highest BCUT2D eigenvalue weighted by Crippen LogP contribution is 2.22. The van der Waals surface area contributed by atoms with Gasteiger partial charge in [0.1, 0.15) is 6.07 Å². The zero-order chi connectivity index (χ0) is 16.2. The Morgan fingerprint density at radius 2 is 1.96 bits per heavy atom. The number of benzene rings is 2. The summed E-state index contributed by atoms with van der Waals surface area (Å²) in [6.07, 6.45) is 0. The largest absolute Gasteiger partial charge is 0.375 e. The molecule has 0 aliphatic rings. The molecule has 7 heteroatoms. The highest BCUT2D eigenvalue weighted by molar-refractivity contribution is 6.31. The number of hydrogen-bond acceptors (Lipinski definition) is 5. The summed E-state index contributed by atoms with van der Waals surface area (Å²) < 4.78 is 5.20. The number of anilines is 1. The minimum absolute atomic E-state index is 0.280. The Morgan fingerprint density at radius 1 is 1.13 bits per heavy atom. The Morgan fingerprint density at radius 3 is 2.74 bits per heavy atom. The van der Waals surface area contributed by atoms with Crippen molar-refractivity contribution in [2.45, 2.75) is 6.54 Å². The van der Waals surface area contributed by atoms with E-state index in [1.54, 1.807) is 30.3 Å². The maximum Gasteiger partial charge on any atom is 0.246 e. The van der Waals surface area contributed by atoms with Gasteiger partial charge in [-0.05, 0) is 30.3 Å². The smallest absolute Gasteiger partial charge is 0.246 e. The van der Waals surface area contributed by atoms with Crippen LogP contribution in [0.2, 0.25) is 10.0 Å². The topological polar surface area (TPSA) is 74.7 Å². The van der Waals surface area contributed by atoms with E-state index in [4.69, 9.17) is 33.0 Å². The zero-order valence-corrected chi connectivity index (χ0v) is 13.3. The summed E-state index contributed by atoms with van der Waals surface area (Å²) in [6.45, 7) is 0.280. The van der Waals surface area contributed by atoms with E-state index in [2.05, 4.69) is 21.5 Å². The average molecular weight is 345 g/mol. The maximum absolute atomic E-state index is 9.09. The van der Waals surface area contributed by atoms with Gasteiger partial charge in [0, 0.05) is 15.6 Å². The van der Waals surface area contributed by atoms with E-state index < -0.39 is 0 Å². The van der Waals surface area contributed by atoms with E-state index in [-0.39, 0.29) is 6.54 Å². The molecule has 114 valence electrons. The minimum atomic E-state index is 0.280. The first-order valence-electron chi connectivity index (χ1n) is 6.68. The lowest BCUT2D eigenvalue weighted by Gasteiger charge is -2.05. The van der Waals surface area contributed by atoms with Gasteiger partial charge in [-0.2, -0.15) is 10.2 Å². The summed E-state index contributed by atoms with van der Waals surface area (Å²) in [6, 6.07) is 14.3. The van der Waals surface area contributed by atoms with Gasteiger partial charge < -0.3 is 9.84 Å². The molecule has 0 saturated carbocycles. The lowest BCUT2D eigenvalue weighted by molar-refractivity contribution is 0.384. The lowest BCUT2D eigenvalue weighted by Crippen LogP contribution is -2.01. The maximum atomic E-state index is 9.09. The molecule has 0 aliphatic carbocycles. The molecule has 0 aliphatic heterocycles. The van der Waals surface area contributed by atoms with Crippen LogP contribution in [0.15, 0.2) is 47.0 Å². The standard InChI is InChI=1S/C16H10Cl2N4O/c17-12-3-1-2-10(6-12)16-21-15(23-22-16)9-20-14-7-13(18)5-4-11(14)8-19/h1-7,20H,9H2. The summed E-state index contributed by atoms with van der Waals surface area (Å²) in [5.74, 6) is 0.847. The molecule has 3 aromatic rings. The van der Waals surface area contributed by atoms with Gasteiger partial charge in [-0.15, -0.1) is 0 Å². The molecule has 0 radical (unpaired) electrons. The summed E-state index contributed by atoms with van der Waals surface area (Å²) in [4.78, 5) is 4.30. The molecule has 1 heterocycles. The average Bonchev–Trinajstić information content (AvgIpc) is 3.02. The monoisotopic (exact) mass is 344 g/mol. The van der Waals surface area contributed by atoms with Crippen molar-refractivity contribution >= 4 is 28.9 Å². The van der Waals surface area contributed by atoms with Crippen LogP contribution in [0, 0.1) is 11.3 Å². The Hall–Kier alpha value is -2.55. The second-order valence-corrected chi connectivity index (χ2v) is 5.55. The second kappa shape index (κ2) is 6.69. The van der Waals surface area contributed by atoms with Gasteiger partial charge in [0.05, 0.1) is 17.8 Å². The molecule has 0 atom stereocenters. The normalized spacial score (nSPS) is 10.3. The van der Waals surface area contributed by atoms with Crippen LogP contribution in [0.25, 0.3) is 11.4 Å². The van der Waals surface area contributed by atoms with Gasteiger partial charge in [-0.25, -0.2) is 0 Å². The number of aromatic nitrogens is 2. The lowest BCUT2D eigenvalue weighted by atomic mass is 10.2. The Balaban J connectivity index is 1.76. The first kappa shape index (κ1) is 15.3. The van der Waals surface area contributed by atoms with E-state index in [0.29, 0.717) is 33.0 Å². The molecule has 0 saturated heterocycles.